The number of hydrogen-bond donors (Lipinski definition) is 2. The van der Waals surface area contributed by atoms with Crippen molar-refractivity contribution in [2.45, 2.75) is 26.1 Å². The molecule has 0 heterocycles. The van der Waals surface area contributed by atoms with Gasteiger partial charge in [0.05, 0.1) is 6.10 Å². The minimum Gasteiger partial charge on any atom is -0.386 e. The minimum atomic E-state index is -0.954. The quantitative estimate of drug-likeness (QED) is 0.596. The highest BCUT2D eigenvalue weighted by molar-refractivity contribution is 6.43. The highest BCUT2D eigenvalue weighted by atomic mass is 16.5. The molecule has 5 nitrogen and oxygen atoms in total. The number of ether oxygens (including phenoxy) is 1. The lowest BCUT2D eigenvalue weighted by Gasteiger charge is -2.21. The van der Waals surface area contributed by atoms with Gasteiger partial charge in [0, 0.05) is 19.2 Å². The van der Waals surface area contributed by atoms with E-state index in [4.69, 9.17) is 4.74 Å². The first-order valence-corrected chi connectivity index (χ1v) is 6.17. The van der Waals surface area contributed by atoms with Crippen molar-refractivity contribution in [3.8, 4) is 0 Å². The smallest absolute Gasteiger partial charge is 0.292 e. The van der Waals surface area contributed by atoms with E-state index in [1.165, 1.54) is 13.1 Å². The topological polar surface area (TPSA) is 75.6 Å². The van der Waals surface area contributed by atoms with Crippen LogP contribution in [0.5, 0.6) is 0 Å². The van der Waals surface area contributed by atoms with E-state index >= 15 is 0 Å². The lowest BCUT2D eigenvalue weighted by molar-refractivity contribution is -0.116. The Kier molecular flexibility index (Phi) is 5.66. The van der Waals surface area contributed by atoms with Crippen molar-refractivity contribution in [3.63, 3.8) is 0 Å². The molecule has 0 radical (unpaired) electrons. The summed E-state index contributed by atoms with van der Waals surface area (Å²) in [6.45, 7) is 4.00. The second-order valence-corrected chi connectivity index (χ2v) is 4.10. The summed E-state index contributed by atoms with van der Waals surface area (Å²) < 4.78 is 5.32. The second kappa shape index (κ2) is 7.01. The number of nitrogens with one attached hydrogen (secondary N) is 1. The number of amides is 1. The van der Waals surface area contributed by atoms with Gasteiger partial charge in [-0.1, -0.05) is 24.3 Å². The molecule has 1 rings (SSSR count). The van der Waals surface area contributed by atoms with Gasteiger partial charge in [-0.05, 0) is 19.4 Å². The summed E-state index contributed by atoms with van der Waals surface area (Å²) in [5.74, 6) is -1.37. The van der Waals surface area contributed by atoms with Crippen molar-refractivity contribution in [3.05, 3.63) is 35.4 Å². The number of benzene rings is 1. The predicted octanol–water partition coefficient (Wildman–Crippen LogP) is 1.07. The fourth-order valence-electron chi connectivity index (χ4n) is 1.80. The van der Waals surface area contributed by atoms with Gasteiger partial charge in [-0.2, -0.15) is 0 Å². The zero-order chi connectivity index (χ0) is 14.4. The Morgan fingerprint density at radius 1 is 1.37 bits per heavy atom. The molecule has 0 fully saturated rings. The first-order chi connectivity index (χ1) is 9.02. The van der Waals surface area contributed by atoms with Crippen LogP contribution >= 0.6 is 0 Å². The Hall–Kier alpha value is -1.72. The van der Waals surface area contributed by atoms with Crippen LogP contribution in [0.25, 0.3) is 0 Å². The van der Waals surface area contributed by atoms with Crippen LogP contribution in [0, 0.1) is 0 Å². The average molecular weight is 265 g/mol. The summed E-state index contributed by atoms with van der Waals surface area (Å²) in [5.41, 5.74) is 0.595. The minimum absolute atomic E-state index is 0.195. The molecule has 0 saturated heterocycles. The molecule has 0 aliphatic heterocycles. The molecule has 1 aromatic carbocycles. The molecule has 0 aromatic heterocycles. The number of hydrogen-bond acceptors (Lipinski definition) is 4. The maximum absolute atomic E-state index is 11.9. The molecule has 2 atom stereocenters. The number of carbonyl (C=O) groups is 2. The third-order valence-electron chi connectivity index (χ3n) is 2.83. The number of Topliss-reactive ketones (excluding diaryl/α,β-unsaturated/α-hetero) is 1. The monoisotopic (exact) mass is 265 g/mol. The molecule has 1 amide bonds. The second-order valence-electron chi connectivity index (χ2n) is 4.10. The van der Waals surface area contributed by atoms with Crippen LogP contribution in [0.4, 0.5) is 0 Å². The third-order valence-corrected chi connectivity index (χ3v) is 2.83. The molecule has 0 spiro atoms. The van der Waals surface area contributed by atoms with Crippen molar-refractivity contribution in [2.75, 3.05) is 13.7 Å². The highest BCUT2D eigenvalue weighted by Gasteiger charge is 2.24. The standard InChI is InChI=1S/C14H19NO4/c1-4-19-9(2)12(16)10-7-5-6-8-11(10)13(17)14(18)15-3/h5-9,12,16H,4H2,1-3H3,(H,15,18). The van der Waals surface area contributed by atoms with E-state index in [0.717, 1.165) is 0 Å². The molecular weight excluding hydrogens is 246 g/mol. The molecule has 0 aliphatic rings. The normalized spacial score (nSPS) is 13.7. The number of aliphatic hydroxyl groups is 1. The van der Waals surface area contributed by atoms with Crippen LogP contribution in [-0.2, 0) is 9.53 Å². The molecule has 0 aliphatic carbocycles. The van der Waals surface area contributed by atoms with Crippen LogP contribution in [0.1, 0.15) is 35.9 Å². The average Bonchev–Trinajstić information content (AvgIpc) is 2.45. The third kappa shape index (κ3) is 3.62. The molecule has 0 saturated carbocycles. The number of aliphatic hydroxyl groups excluding tert-OH is 1. The van der Waals surface area contributed by atoms with Gasteiger partial charge in [0.1, 0.15) is 6.10 Å². The molecule has 2 unspecified atom stereocenters. The Balaban J connectivity index is 3.08. The Morgan fingerprint density at radius 3 is 2.58 bits per heavy atom. The van der Waals surface area contributed by atoms with Crippen LogP contribution < -0.4 is 5.32 Å². The van der Waals surface area contributed by atoms with Gasteiger partial charge in [0.2, 0.25) is 0 Å². The van der Waals surface area contributed by atoms with E-state index in [9.17, 15) is 14.7 Å². The van der Waals surface area contributed by atoms with Crippen LogP contribution in [0.15, 0.2) is 24.3 Å². The zero-order valence-electron chi connectivity index (χ0n) is 11.3. The lowest BCUT2D eigenvalue weighted by atomic mass is 9.96. The largest absolute Gasteiger partial charge is 0.386 e. The van der Waals surface area contributed by atoms with Crippen molar-refractivity contribution < 1.29 is 19.4 Å². The molecule has 19 heavy (non-hydrogen) atoms. The van der Waals surface area contributed by atoms with E-state index in [2.05, 4.69) is 5.32 Å². The van der Waals surface area contributed by atoms with Crippen molar-refractivity contribution >= 4 is 11.7 Å². The van der Waals surface area contributed by atoms with Crippen molar-refractivity contribution in [2.24, 2.45) is 0 Å². The molecule has 5 heteroatoms. The molecule has 1 aromatic rings. The first kappa shape index (κ1) is 15.3. The first-order valence-electron chi connectivity index (χ1n) is 6.17. The Bertz CT molecular complexity index is 459. The summed E-state index contributed by atoms with van der Waals surface area (Å²) in [6.07, 6.45) is -1.41. The SMILES string of the molecule is CCOC(C)C(O)c1ccccc1C(=O)C(=O)NC. The summed E-state index contributed by atoms with van der Waals surface area (Å²) in [4.78, 5) is 23.3. The fourth-order valence-corrected chi connectivity index (χ4v) is 1.80. The van der Waals surface area contributed by atoms with Gasteiger partial charge in [-0.15, -0.1) is 0 Å². The molecule has 104 valence electrons. The van der Waals surface area contributed by atoms with E-state index in [1.807, 2.05) is 6.92 Å². The van der Waals surface area contributed by atoms with Crippen LogP contribution in [0.3, 0.4) is 0 Å². The van der Waals surface area contributed by atoms with E-state index in [0.29, 0.717) is 12.2 Å². The Labute approximate surface area is 112 Å². The Morgan fingerprint density at radius 2 is 2.00 bits per heavy atom. The van der Waals surface area contributed by atoms with Crippen molar-refractivity contribution in [1.29, 1.82) is 0 Å². The van der Waals surface area contributed by atoms with Gasteiger partial charge in [-0.25, -0.2) is 0 Å². The molecular formula is C14H19NO4. The van der Waals surface area contributed by atoms with E-state index in [1.54, 1.807) is 25.1 Å². The maximum Gasteiger partial charge on any atom is 0.292 e. The van der Waals surface area contributed by atoms with Gasteiger partial charge in [0.25, 0.3) is 11.7 Å². The number of likely N-dealkylation sites (N-methyl/N-ethyl adjacent to an activating group) is 1. The van der Waals surface area contributed by atoms with Gasteiger partial charge in [-0.3, -0.25) is 9.59 Å². The highest BCUT2D eigenvalue weighted by Crippen LogP contribution is 2.23. The number of rotatable bonds is 6. The van der Waals surface area contributed by atoms with Gasteiger partial charge in [0.15, 0.2) is 0 Å². The van der Waals surface area contributed by atoms with E-state index < -0.39 is 23.9 Å². The van der Waals surface area contributed by atoms with Gasteiger partial charge >= 0.3 is 0 Å². The van der Waals surface area contributed by atoms with E-state index in [-0.39, 0.29) is 5.56 Å². The molecule has 0 bridgehead atoms. The predicted molar refractivity (Wildman–Crippen MR) is 70.9 cm³/mol. The summed E-state index contributed by atoms with van der Waals surface area (Å²) >= 11 is 0. The fraction of sp³-hybridized carbons (Fsp3) is 0.429. The zero-order valence-corrected chi connectivity index (χ0v) is 11.3. The summed E-state index contributed by atoms with van der Waals surface area (Å²) in [6, 6.07) is 6.50. The lowest BCUT2D eigenvalue weighted by Crippen LogP contribution is -2.29. The summed E-state index contributed by atoms with van der Waals surface area (Å²) in [5, 5.41) is 12.5. The van der Waals surface area contributed by atoms with Gasteiger partial charge < -0.3 is 15.2 Å². The van der Waals surface area contributed by atoms with Crippen LogP contribution in [0.2, 0.25) is 0 Å². The number of ketones is 1. The number of carbonyl (C=O) groups excluding carboxylic acids is 2. The van der Waals surface area contributed by atoms with Crippen molar-refractivity contribution in [1.82, 2.24) is 5.32 Å². The van der Waals surface area contributed by atoms with Crippen LogP contribution in [-0.4, -0.2) is 36.6 Å². The maximum atomic E-state index is 11.9. The summed E-state index contributed by atoms with van der Waals surface area (Å²) in [7, 11) is 1.39. The molecule has 2 N–H and O–H groups in total.